The lowest BCUT2D eigenvalue weighted by Crippen LogP contribution is -2.12. The Labute approximate surface area is 133 Å². The third-order valence-electron chi connectivity index (χ3n) is 3.08. The zero-order valence-corrected chi connectivity index (χ0v) is 14.3. The summed E-state index contributed by atoms with van der Waals surface area (Å²) in [6.07, 6.45) is 1.62. The van der Waals surface area contributed by atoms with Gasteiger partial charge in [0.2, 0.25) is 0 Å². The summed E-state index contributed by atoms with van der Waals surface area (Å²) in [6.45, 7) is 4.27. The molecule has 1 aromatic heterocycles. The molecule has 2 aromatic rings. The van der Waals surface area contributed by atoms with E-state index in [2.05, 4.69) is 20.7 Å². The maximum atomic E-state index is 12.4. The average molecular weight is 372 g/mol. The van der Waals surface area contributed by atoms with Crippen LogP contribution in [0, 0.1) is 0 Å². The molecule has 0 radical (unpaired) electrons. The van der Waals surface area contributed by atoms with Crippen LogP contribution in [0.1, 0.15) is 25.6 Å². The number of benzene rings is 1. The van der Waals surface area contributed by atoms with Crippen LogP contribution >= 0.6 is 15.9 Å². The highest BCUT2D eigenvalue weighted by molar-refractivity contribution is 9.10. The molecule has 2 rings (SSSR count). The summed E-state index contributed by atoms with van der Waals surface area (Å²) in [4.78, 5) is 0.222. The molecule has 0 aliphatic rings. The highest BCUT2D eigenvalue weighted by Crippen LogP contribution is 2.22. The molecule has 1 heterocycles. The molecule has 0 saturated heterocycles. The number of hydrogen-bond donors (Lipinski definition) is 2. The fourth-order valence-electron chi connectivity index (χ4n) is 2.02. The van der Waals surface area contributed by atoms with Gasteiger partial charge in [-0.1, -0.05) is 15.9 Å². The van der Waals surface area contributed by atoms with Crippen molar-refractivity contribution in [3.05, 3.63) is 46.7 Å². The molecule has 1 aromatic carbocycles. The van der Waals surface area contributed by atoms with Crippen molar-refractivity contribution in [2.75, 3.05) is 4.72 Å². The van der Waals surface area contributed by atoms with Gasteiger partial charge in [-0.15, -0.1) is 0 Å². The van der Waals surface area contributed by atoms with E-state index in [9.17, 15) is 8.42 Å². The fourth-order valence-corrected chi connectivity index (χ4v) is 3.39. The third-order valence-corrected chi connectivity index (χ3v) is 4.96. The van der Waals surface area contributed by atoms with Crippen LogP contribution in [0.5, 0.6) is 0 Å². The molecule has 0 spiro atoms. The van der Waals surface area contributed by atoms with E-state index in [0.717, 1.165) is 10.2 Å². The van der Waals surface area contributed by atoms with Crippen LogP contribution in [0.15, 0.2) is 45.9 Å². The predicted octanol–water partition coefficient (Wildman–Crippen LogP) is 3.09. The Hall–Kier alpha value is -1.31. The SMILES string of the molecule is CC(C)n1cc(S(=O)(=O)Nc2ccc(Br)cc2)cc1CN. The first-order valence-corrected chi connectivity index (χ1v) is 8.80. The van der Waals surface area contributed by atoms with Crippen molar-refractivity contribution in [3.8, 4) is 0 Å². The Morgan fingerprint density at radius 3 is 2.38 bits per heavy atom. The number of nitrogens with one attached hydrogen (secondary N) is 1. The van der Waals surface area contributed by atoms with Gasteiger partial charge < -0.3 is 10.3 Å². The molecule has 114 valence electrons. The minimum Gasteiger partial charge on any atom is -0.346 e. The summed E-state index contributed by atoms with van der Waals surface area (Å²) in [5.74, 6) is 0. The van der Waals surface area contributed by atoms with Gasteiger partial charge in [0.05, 0.1) is 0 Å². The highest BCUT2D eigenvalue weighted by atomic mass is 79.9. The molecule has 21 heavy (non-hydrogen) atoms. The maximum absolute atomic E-state index is 12.4. The van der Waals surface area contributed by atoms with Crippen molar-refractivity contribution in [3.63, 3.8) is 0 Å². The fraction of sp³-hybridized carbons (Fsp3) is 0.286. The summed E-state index contributed by atoms with van der Waals surface area (Å²) >= 11 is 3.31. The Morgan fingerprint density at radius 2 is 1.90 bits per heavy atom. The number of halogens is 1. The van der Waals surface area contributed by atoms with Crippen molar-refractivity contribution in [2.24, 2.45) is 5.73 Å². The molecule has 5 nitrogen and oxygen atoms in total. The van der Waals surface area contributed by atoms with Crippen LogP contribution in [-0.2, 0) is 16.6 Å². The number of nitrogens with zero attached hydrogens (tertiary/aromatic N) is 1. The smallest absolute Gasteiger partial charge is 0.263 e. The van der Waals surface area contributed by atoms with E-state index in [4.69, 9.17) is 5.73 Å². The van der Waals surface area contributed by atoms with Crippen molar-refractivity contribution >= 4 is 31.6 Å². The van der Waals surface area contributed by atoms with Gasteiger partial charge in [-0.05, 0) is 44.2 Å². The van der Waals surface area contributed by atoms with Gasteiger partial charge >= 0.3 is 0 Å². The van der Waals surface area contributed by atoms with E-state index in [1.807, 2.05) is 18.4 Å². The first-order valence-electron chi connectivity index (χ1n) is 6.52. The van der Waals surface area contributed by atoms with Crippen molar-refractivity contribution in [1.82, 2.24) is 4.57 Å². The largest absolute Gasteiger partial charge is 0.346 e. The second-order valence-electron chi connectivity index (χ2n) is 4.98. The molecule has 0 unspecified atom stereocenters. The van der Waals surface area contributed by atoms with Crippen LogP contribution < -0.4 is 10.5 Å². The van der Waals surface area contributed by atoms with Gasteiger partial charge in [-0.3, -0.25) is 4.72 Å². The molecule has 0 bridgehead atoms. The van der Waals surface area contributed by atoms with Crippen LogP contribution in [0.3, 0.4) is 0 Å². The van der Waals surface area contributed by atoms with Crippen molar-refractivity contribution in [1.29, 1.82) is 0 Å². The summed E-state index contributed by atoms with van der Waals surface area (Å²) in [5, 5.41) is 0. The zero-order valence-electron chi connectivity index (χ0n) is 11.9. The Bertz CT molecular complexity index is 721. The molecule has 7 heteroatoms. The van der Waals surface area contributed by atoms with Crippen LogP contribution in [0.25, 0.3) is 0 Å². The van der Waals surface area contributed by atoms with Crippen molar-refractivity contribution in [2.45, 2.75) is 31.3 Å². The maximum Gasteiger partial charge on any atom is 0.263 e. The first kappa shape index (κ1) is 16.1. The second-order valence-corrected chi connectivity index (χ2v) is 7.58. The zero-order chi connectivity index (χ0) is 15.6. The van der Waals surface area contributed by atoms with Gasteiger partial charge in [0.1, 0.15) is 4.90 Å². The van der Waals surface area contributed by atoms with Crippen LogP contribution in [0.4, 0.5) is 5.69 Å². The monoisotopic (exact) mass is 371 g/mol. The standard InChI is InChI=1S/C14H18BrN3O2S/c1-10(2)18-9-14(7-13(18)8-16)21(19,20)17-12-5-3-11(15)4-6-12/h3-7,9-10,17H,8,16H2,1-2H3. The second kappa shape index (κ2) is 6.21. The normalized spacial score (nSPS) is 11.9. The van der Waals surface area contributed by atoms with Crippen molar-refractivity contribution < 1.29 is 8.42 Å². The van der Waals surface area contributed by atoms with E-state index in [0.29, 0.717) is 12.2 Å². The number of anilines is 1. The molecule has 0 fully saturated rings. The number of sulfonamides is 1. The third kappa shape index (κ3) is 3.66. The lowest BCUT2D eigenvalue weighted by atomic mass is 10.3. The van der Waals surface area contributed by atoms with Gasteiger partial charge in [-0.2, -0.15) is 0 Å². The Kier molecular flexibility index (Phi) is 4.75. The Balaban J connectivity index is 2.33. The lowest BCUT2D eigenvalue weighted by Gasteiger charge is -2.10. The Morgan fingerprint density at radius 1 is 1.29 bits per heavy atom. The lowest BCUT2D eigenvalue weighted by molar-refractivity contribution is 0.573. The topological polar surface area (TPSA) is 77.1 Å². The highest BCUT2D eigenvalue weighted by Gasteiger charge is 2.19. The minimum atomic E-state index is -3.61. The van der Waals surface area contributed by atoms with Crippen LogP contribution in [-0.4, -0.2) is 13.0 Å². The molecule has 0 saturated carbocycles. The first-order chi connectivity index (χ1) is 9.83. The number of rotatable bonds is 5. The van der Waals surface area contributed by atoms with Gasteiger partial charge in [0.15, 0.2) is 0 Å². The van der Waals surface area contributed by atoms with E-state index in [1.54, 1.807) is 36.5 Å². The van der Waals surface area contributed by atoms with E-state index < -0.39 is 10.0 Å². The molecule has 0 amide bonds. The molecule has 0 atom stereocenters. The number of hydrogen-bond acceptors (Lipinski definition) is 3. The van der Waals surface area contributed by atoms with Gasteiger partial charge in [0, 0.05) is 34.6 Å². The summed E-state index contributed by atoms with van der Waals surface area (Å²) in [7, 11) is -3.61. The van der Waals surface area contributed by atoms with E-state index in [1.165, 1.54) is 0 Å². The van der Waals surface area contributed by atoms with E-state index >= 15 is 0 Å². The molecule has 3 N–H and O–H groups in total. The average Bonchev–Trinajstić information content (AvgIpc) is 2.86. The number of nitrogens with two attached hydrogens (primary N) is 1. The molecular weight excluding hydrogens is 354 g/mol. The molecule has 0 aliphatic carbocycles. The quantitative estimate of drug-likeness (QED) is 0.847. The van der Waals surface area contributed by atoms with Gasteiger partial charge in [-0.25, -0.2) is 8.42 Å². The number of aromatic nitrogens is 1. The predicted molar refractivity (Wildman–Crippen MR) is 87.7 cm³/mol. The van der Waals surface area contributed by atoms with E-state index in [-0.39, 0.29) is 10.9 Å². The molecular formula is C14H18BrN3O2S. The van der Waals surface area contributed by atoms with Gasteiger partial charge in [0.25, 0.3) is 10.0 Å². The van der Waals surface area contributed by atoms with Crippen LogP contribution in [0.2, 0.25) is 0 Å². The molecule has 0 aliphatic heterocycles. The minimum absolute atomic E-state index is 0.153. The summed E-state index contributed by atoms with van der Waals surface area (Å²) in [6, 6.07) is 8.72. The summed E-state index contributed by atoms with van der Waals surface area (Å²) < 4.78 is 30.2. The summed E-state index contributed by atoms with van der Waals surface area (Å²) in [5.41, 5.74) is 6.98.